The molecule has 0 radical (unpaired) electrons. The van der Waals surface area contributed by atoms with Crippen molar-refractivity contribution in [2.45, 2.75) is 25.8 Å². The molecule has 0 bridgehead atoms. The van der Waals surface area contributed by atoms with Gasteiger partial charge in [-0.25, -0.2) is 4.79 Å². The number of nitrogens with zero attached hydrogens (tertiary/aromatic N) is 1. The van der Waals surface area contributed by atoms with E-state index in [9.17, 15) is 14.4 Å². The number of ketones is 1. The fourth-order valence-corrected chi connectivity index (χ4v) is 2.25. The summed E-state index contributed by atoms with van der Waals surface area (Å²) < 4.78 is 4.99. The van der Waals surface area contributed by atoms with Crippen molar-refractivity contribution >= 4 is 23.3 Å². The van der Waals surface area contributed by atoms with E-state index in [-0.39, 0.29) is 13.0 Å². The molecule has 19 heavy (non-hydrogen) atoms. The van der Waals surface area contributed by atoms with Crippen molar-refractivity contribution in [1.29, 1.82) is 0 Å². The van der Waals surface area contributed by atoms with Crippen LogP contribution in [-0.2, 0) is 19.1 Å². The van der Waals surface area contributed by atoms with E-state index in [2.05, 4.69) is 0 Å². The molecular weight excluding hydrogens is 246 g/mol. The molecule has 0 aliphatic carbocycles. The van der Waals surface area contributed by atoms with Gasteiger partial charge in [0.15, 0.2) is 0 Å². The highest BCUT2D eigenvalue weighted by Gasteiger charge is 2.54. The summed E-state index contributed by atoms with van der Waals surface area (Å²) in [6.07, 6.45) is -0.153. The molecule has 1 aliphatic heterocycles. The van der Waals surface area contributed by atoms with Crippen LogP contribution in [-0.4, -0.2) is 29.8 Å². The number of amides is 1. The van der Waals surface area contributed by atoms with Crippen LogP contribution < -0.4 is 4.90 Å². The molecule has 2 rings (SSSR count). The Kier molecular flexibility index (Phi) is 3.38. The van der Waals surface area contributed by atoms with Gasteiger partial charge < -0.3 is 4.74 Å². The molecule has 1 fully saturated rings. The summed E-state index contributed by atoms with van der Waals surface area (Å²) in [5, 5.41) is 0. The maximum atomic E-state index is 12.1. The maximum Gasteiger partial charge on any atom is 0.332 e. The predicted octanol–water partition coefficient (Wildman–Crippen LogP) is 1.31. The minimum absolute atomic E-state index is 0.153. The van der Waals surface area contributed by atoms with Crippen molar-refractivity contribution in [3.63, 3.8) is 0 Å². The Morgan fingerprint density at radius 1 is 1.32 bits per heavy atom. The van der Waals surface area contributed by atoms with Gasteiger partial charge in [-0.3, -0.25) is 14.5 Å². The molecular formula is C14H15NO4. The first kappa shape index (κ1) is 13.3. The van der Waals surface area contributed by atoms with Gasteiger partial charge in [-0.15, -0.1) is 0 Å². The first-order valence-corrected chi connectivity index (χ1v) is 6.10. The second-order valence-corrected chi connectivity index (χ2v) is 4.57. The van der Waals surface area contributed by atoms with Gasteiger partial charge in [-0.2, -0.15) is 0 Å². The SMILES string of the molecule is CCOC(=O)[C@]1(C)CC(=O)C(=O)N1c1ccccc1. The fourth-order valence-electron chi connectivity index (χ4n) is 2.25. The number of carbonyl (C=O) groups is 3. The van der Waals surface area contributed by atoms with Crippen LogP contribution in [0.3, 0.4) is 0 Å². The van der Waals surface area contributed by atoms with E-state index in [1.807, 2.05) is 0 Å². The number of esters is 1. The third-order valence-electron chi connectivity index (χ3n) is 3.17. The van der Waals surface area contributed by atoms with Crippen molar-refractivity contribution in [3.8, 4) is 0 Å². The number of hydrogen-bond donors (Lipinski definition) is 0. The van der Waals surface area contributed by atoms with E-state index in [4.69, 9.17) is 4.74 Å². The first-order valence-electron chi connectivity index (χ1n) is 6.10. The minimum atomic E-state index is -1.26. The van der Waals surface area contributed by atoms with Gasteiger partial charge in [-0.1, -0.05) is 18.2 Å². The number of rotatable bonds is 3. The molecule has 0 saturated carbocycles. The van der Waals surface area contributed by atoms with E-state index in [0.29, 0.717) is 5.69 Å². The molecule has 1 aromatic carbocycles. The molecule has 100 valence electrons. The summed E-state index contributed by atoms with van der Waals surface area (Å²) in [6, 6.07) is 8.67. The Morgan fingerprint density at radius 3 is 2.53 bits per heavy atom. The highest BCUT2D eigenvalue weighted by Crippen LogP contribution is 2.34. The summed E-state index contributed by atoms with van der Waals surface area (Å²) >= 11 is 0. The quantitative estimate of drug-likeness (QED) is 0.608. The monoisotopic (exact) mass is 261 g/mol. The van der Waals surface area contributed by atoms with Crippen LogP contribution in [0.1, 0.15) is 20.3 Å². The molecule has 1 aromatic rings. The largest absolute Gasteiger partial charge is 0.464 e. The van der Waals surface area contributed by atoms with Crippen LogP contribution in [0.4, 0.5) is 5.69 Å². The number of ether oxygens (including phenoxy) is 1. The normalized spacial score (nSPS) is 22.7. The number of Topliss-reactive ketones (excluding diaryl/α,β-unsaturated/α-hetero) is 1. The van der Waals surface area contributed by atoms with E-state index in [1.54, 1.807) is 44.2 Å². The van der Waals surface area contributed by atoms with Crippen LogP contribution in [0.2, 0.25) is 0 Å². The number of anilines is 1. The Hall–Kier alpha value is -2.17. The average molecular weight is 261 g/mol. The second kappa shape index (κ2) is 4.84. The minimum Gasteiger partial charge on any atom is -0.464 e. The third-order valence-corrected chi connectivity index (χ3v) is 3.17. The van der Waals surface area contributed by atoms with E-state index >= 15 is 0 Å². The Bertz CT molecular complexity index is 526. The molecule has 0 spiro atoms. The summed E-state index contributed by atoms with van der Waals surface area (Å²) in [7, 11) is 0. The van der Waals surface area contributed by atoms with Crippen LogP contribution >= 0.6 is 0 Å². The zero-order valence-corrected chi connectivity index (χ0v) is 10.9. The molecule has 1 atom stereocenters. The van der Waals surface area contributed by atoms with Crippen molar-refractivity contribution in [1.82, 2.24) is 0 Å². The fraction of sp³-hybridized carbons (Fsp3) is 0.357. The van der Waals surface area contributed by atoms with Gasteiger partial charge in [0.2, 0.25) is 5.78 Å². The van der Waals surface area contributed by atoms with E-state index in [0.717, 1.165) is 0 Å². The van der Waals surface area contributed by atoms with Gasteiger partial charge in [0, 0.05) is 5.69 Å². The first-order chi connectivity index (χ1) is 9.00. The Labute approximate surface area is 111 Å². The van der Waals surface area contributed by atoms with Gasteiger partial charge >= 0.3 is 5.97 Å². The number of para-hydroxylation sites is 1. The molecule has 1 saturated heterocycles. The molecule has 1 amide bonds. The molecule has 0 aromatic heterocycles. The highest BCUT2D eigenvalue weighted by molar-refractivity contribution is 6.46. The molecule has 5 nitrogen and oxygen atoms in total. The number of hydrogen-bond acceptors (Lipinski definition) is 4. The topological polar surface area (TPSA) is 63.7 Å². The van der Waals surface area contributed by atoms with E-state index in [1.165, 1.54) is 4.90 Å². The lowest BCUT2D eigenvalue weighted by atomic mass is 9.98. The van der Waals surface area contributed by atoms with Crippen molar-refractivity contribution in [2.75, 3.05) is 11.5 Å². The van der Waals surface area contributed by atoms with Gasteiger partial charge in [0.25, 0.3) is 5.91 Å². The van der Waals surface area contributed by atoms with Crippen LogP contribution in [0.5, 0.6) is 0 Å². The standard InChI is InChI=1S/C14H15NO4/c1-3-19-13(18)14(2)9-11(16)12(17)15(14)10-7-5-4-6-8-10/h4-8H,3,9H2,1-2H3/t14-/m0/s1. The van der Waals surface area contributed by atoms with Crippen molar-refractivity contribution < 1.29 is 19.1 Å². The maximum absolute atomic E-state index is 12.1. The lowest BCUT2D eigenvalue weighted by Crippen LogP contribution is -2.50. The molecule has 1 heterocycles. The molecule has 5 heteroatoms. The summed E-state index contributed by atoms with van der Waals surface area (Å²) in [4.78, 5) is 37.0. The van der Waals surface area contributed by atoms with Crippen LogP contribution in [0.15, 0.2) is 30.3 Å². The summed E-state index contributed by atoms with van der Waals surface area (Å²) in [5.74, 6) is -1.79. The summed E-state index contributed by atoms with van der Waals surface area (Å²) in [5.41, 5.74) is -0.736. The van der Waals surface area contributed by atoms with Gasteiger partial charge in [-0.05, 0) is 26.0 Å². The smallest absolute Gasteiger partial charge is 0.332 e. The molecule has 1 aliphatic rings. The van der Waals surface area contributed by atoms with Crippen molar-refractivity contribution in [3.05, 3.63) is 30.3 Å². The second-order valence-electron chi connectivity index (χ2n) is 4.57. The molecule has 0 N–H and O–H groups in total. The van der Waals surface area contributed by atoms with Gasteiger partial charge in [0.05, 0.1) is 13.0 Å². The van der Waals surface area contributed by atoms with E-state index < -0.39 is 23.2 Å². The summed E-state index contributed by atoms with van der Waals surface area (Å²) in [6.45, 7) is 3.45. The zero-order valence-electron chi connectivity index (χ0n) is 10.9. The lowest BCUT2D eigenvalue weighted by molar-refractivity contribution is -0.149. The lowest BCUT2D eigenvalue weighted by Gasteiger charge is -2.31. The van der Waals surface area contributed by atoms with Crippen LogP contribution in [0, 0.1) is 0 Å². The predicted molar refractivity (Wildman–Crippen MR) is 68.6 cm³/mol. The molecule has 0 unspecified atom stereocenters. The van der Waals surface area contributed by atoms with Crippen molar-refractivity contribution in [2.24, 2.45) is 0 Å². The highest BCUT2D eigenvalue weighted by atomic mass is 16.5. The number of carbonyl (C=O) groups excluding carboxylic acids is 3. The Morgan fingerprint density at radius 2 is 1.95 bits per heavy atom. The van der Waals surface area contributed by atoms with Gasteiger partial charge in [0.1, 0.15) is 5.54 Å². The Balaban J connectivity index is 2.45. The third kappa shape index (κ3) is 2.12. The number of benzene rings is 1. The zero-order chi connectivity index (χ0) is 14.0. The van der Waals surface area contributed by atoms with Crippen LogP contribution in [0.25, 0.3) is 0 Å². The average Bonchev–Trinajstić information content (AvgIpc) is 2.63.